The van der Waals surface area contributed by atoms with Gasteiger partial charge in [0.05, 0.1) is 12.0 Å². The van der Waals surface area contributed by atoms with E-state index < -0.39 is 67.8 Å². The molecule has 12 heteroatoms. The van der Waals surface area contributed by atoms with E-state index in [4.69, 9.17) is 9.29 Å². The van der Waals surface area contributed by atoms with Gasteiger partial charge < -0.3 is 9.47 Å². The van der Waals surface area contributed by atoms with E-state index in [9.17, 15) is 35.6 Å². The van der Waals surface area contributed by atoms with Gasteiger partial charge in [0.2, 0.25) is 17.4 Å². The number of halogens is 4. The minimum Gasteiger partial charge on any atom is -0.465 e. The summed E-state index contributed by atoms with van der Waals surface area (Å²) in [7, 11) is -5.61. The van der Waals surface area contributed by atoms with Gasteiger partial charge in [-0.25, -0.2) is 8.78 Å². The van der Waals surface area contributed by atoms with E-state index in [2.05, 4.69) is 4.74 Å². The minimum atomic E-state index is -5.61. The molecule has 0 saturated carbocycles. The summed E-state index contributed by atoms with van der Waals surface area (Å²) in [5.74, 6) is -13.1. The SMILES string of the molecule is CCC(C)(C)C(=O)OCCCC(=O)Oc1c(F)c(F)c(S(=O)(=O)O)c(F)c1F. The van der Waals surface area contributed by atoms with E-state index in [-0.39, 0.29) is 13.0 Å². The molecule has 0 amide bonds. The number of benzene rings is 1. The fraction of sp³-hybridized carbons (Fsp3) is 0.500. The molecule has 0 aromatic heterocycles. The zero-order chi connectivity index (χ0) is 21.9. The van der Waals surface area contributed by atoms with Gasteiger partial charge in [-0.2, -0.15) is 17.2 Å². The molecule has 0 spiro atoms. The third-order valence-corrected chi connectivity index (χ3v) is 4.73. The average Bonchev–Trinajstić information content (AvgIpc) is 2.59. The van der Waals surface area contributed by atoms with Crippen LogP contribution in [-0.2, 0) is 24.4 Å². The van der Waals surface area contributed by atoms with Gasteiger partial charge in [-0.15, -0.1) is 0 Å². The zero-order valence-electron chi connectivity index (χ0n) is 15.1. The first-order chi connectivity index (χ1) is 12.7. The first-order valence-electron chi connectivity index (χ1n) is 7.95. The molecule has 0 fully saturated rings. The molecule has 0 bridgehead atoms. The molecule has 7 nitrogen and oxygen atoms in total. The molecule has 0 unspecified atom stereocenters. The molecular weight excluding hydrogens is 412 g/mol. The standard InChI is InChI=1S/C16H18F4O7S/c1-4-16(2,3)15(22)26-7-5-6-8(21)27-13-9(17)11(19)14(28(23,24)25)12(20)10(13)18/h4-7H2,1-3H3,(H,23,24,25). The molecule has 0 saturated heterocycles. The van der Waals surface area contributed by atoms with Crippen molar-refractivity contribution >= 4 is 22.1 Å². The first-order valence-corrected chi connectivity index (χ1v) is 9.39. The maximum atomic E-state index is 13.8. The third kappa shape index (κ3) is 5.41. The van der Waals surface area contributed by atoms with Crippen LogP contribution in [0.15, 0.2) is 4.90 Å². The van der Waals surface area contributed by atoms with Crippen LogP contribution in [0.4, 0.5) is 17.6 Å². The van der Waals surface area contributed by atoms with E-state index >= 15 is 0 Å². The van der Waals surface area contributed by atoms with Crippen LogP contribution >= 0.6 is 0 Å². The van der Waals surface area contributed by atoms with E-state index in [1.807, 2.05) is 0 Å². The highest BCUT2D eigenvalue weighted by molar-refractivity contribution is 7.85. The van der Waals surface area contributed by atoms with Gasteiger partial charge in [0.15, 0.2) is 16.5 Å². The average molecular weight is 430 g/mol. The molecule has 0 radical (unpaired) electrons. The molecule has 0 aliphatic carbocycles. The van der Waals surface area contributed by atoms with Crippen molar-refractivity contribution in [3.05, 3.63) is 23.3 Å². The van der Waals surface area contributed by atoms with E-state index in [0.29, 0.717) is 6.42 Å². The van der Waals surface area contributed by atoms with Crippen LogP contribution in [-0.4, -0.2) is 31.5 Å². The van der Waals surface area contributed by atoms with Crippen molar-refractivity contribution in [2.75, 3.05) is 6.61 Å². The van der Waals surface area contributed by atoms with Crippen molar-refractivity contribution in [2.24, 2.45) is 5.41 Å². The lowest BCUT2D eigenvalue weighted by Crippen LogP contribution is -2.26. The number of carbonyl (C=O) groups excluding carboxylic acids is 2. The number of carbonyl (C=O) groups is 2. The summed E-state index contributed by atoms with van der Waals surface area (Å²) >= 11 is 0. The summed E-state index contributed by atoms with van der Waals surface area (Å²) in [4.78, 5) is 21.1. The van der Waals surface area contributed by atoms with Crippen molar-refractivity contribution in [2.45, 2.75) is 44.9 Å². The second-order valence-electron chi connectivity index (χ2n) is 6.34. The van der Waals surface area contributed by atoms with Crippen molar-refractivity contribution in [3.63, 3.8) is 0 Å². The minimum absolute atomic E-state index is 0.109. The fourth-order valence-corrected chi connectivity index (χ4v) is 2.43. The van der Waals surface area contributed by atoms with E-state index in [1.54, 1.807) is 20.8 Å². The van der Waals surface area contributed by atoms with Crippen LogP contribution in [0.3, 0.4) is 0 Å². The van der Waals surface area contributed by atoms with Crippen molar-refractivity contribution in [1.29, 1.82) is 0 Å². The van der Waals surface area contributed by atoms with Crippen molar-refractivity contribution < 1.29 is 49.6 Å². The Hall–Kier alpha value is -2.21. The maximum absolute atomic E-state index is 13.8. The predicted molar refractivity (Wildman–Crippen MR) is 86.0 cm³/mol. The van der Waals surface area contributed by atoms with Crippen LogP contribution in [0.1, 0.15) is 40.0 Å². The highest BCUT2D eigenvalue weighted by atomic mass is 32.2. The lowest BCUT2D eigenvalue weighted by molar-refractivity contribution is -0.154. The predicted octanol–water partition coefficient (Wildman–Crippen LogP) is 3.15. The maximum Gasteiger partial charge on any atom is 0.311 e. The fourth-order valence-electron chi connectivity index (χ4n) is 1.79. The normalized spacial score (nSPS) is 12.0. The second-order valence-corrected chi connectivity index (χ2v) is 7.70. The number of hydrogen-bond acceptors (Lipinski definition) is 6. The van der Waals surface area contributed by atoms with Crippen molar-refractivity contribution in [3.8, 4) is 5.75 Å². The van der Waals surface area contributed by atoms with Crippen LogP contribution in [0.5, 0.6) is 5.75 Å². The summed E-state index contributed by atoms with van der Waals surface area (Å²) < 4.78 is 94.2. The Morgan fingerprint density at radius 3 is 1.96 bits per heavy atom. The molecule has 0 aliphatic rings. The number of ether oxygens (including phenoxy) is 2. The summed E-state index contributed by atoms with van der Waals surface area (Å²) in [6.45, 7) is 4.85. The van der Waals surface area contributed by atoms with Crippen LogP contribution in [0, 0.1) is 28.7 Å². The summed E-state index contributed by atoms with van der Waals surface area (Å²) in [6.07, 6.45) is -0.132. The van der Waals surface area contributed by atoms with E-state index in [1.165, 1.54) is 0 Å². The van der Waals surface area contributed by atoms with Gasteiger partial charge >= 0.3 is 22.1 Å². The van der Waals surface area contributed by atoms with Gasteiger partial charge in [-0.3, -0.25) is 14.1 Å². The molecule has 1 aromatic rings. The largest absolute Gasteiger partial charge is 0.465 e. The topological polar surface area (TPSA) is 107 Å². The summed E-state index contributed by atoms with van der Waals surface area (Å²) in [5, 5.41) is 0. The highest BCUT2D eigenvalue weighted by Crippen LogP contribution is 2.32. The van der Waals surface area contributed by atoms with Crippen LogP contribution in [0.2, 0.25) is 0 Å². The Bertz CT molecular complexity index is 852. The number of rotatable bonds is 8. The van der Waals surface area contributed by atoms with Crippen LogP contribution in [0.25, 0.3) is 0 Å². The monoisotopic (exact) mass is 430 g/mol. The molecule has 0 atom stereocenters. The smallest absolute Gasteiger partial charge is 0.311 e. The summed E-state index contributed by atoms with van der Waals surface area (Å²) in [6, 6.07) is 0. The zero-order valence-corrected chi connectivity index (χ0v) is 16.0. The lowest BCUT2D eigenvalue weighted by atomic mass is 9.91. The Morgan fingerprint density at radius 2 is 1.54 bits per heavy atom. The van der Waals surface area contributed by atoms with Gasteiger partial charge in [-0.1, -0.05) is 6.92 Å². The Kier molecular flexibility index (Phi) is 7.54. The van der Waals surface area contributed by atoms with E-state index in [0.717, 1.165) is 0 Å². The molecule has 0 heterocycles. The lowest BCUT2D eigenvalue weighted by Gasteiger charge is -2.20. The third-order valence-electron chi connectivity index (χ3n) is 3.85. The first kappa shape index (κ1) is 23.8. The quantitative estimate of drug-likeness (QED) is 0.169. The summed E-state index contributed by atoms with van der Waals surface area (Å²) in [5.41, 5.74) is -0.739. The molecule has 1 aromatic carbocycles. The van der Waals surface area contributed by atoms with Gasteiger partial charge in [0, 0.05) is 6.42 Å². The van der Waals surface area contributed by atoms with Crippen LogP contribution < -0.4 is 4.74 Å². The highest BCUT2D eigenvalue weighted by Gasteiger charge is 2.34. The van der Waals surface area contributed by atoms with Gasteiger partial charge in [0.1, 0.15) is 0 Å². The molecule has 1 N–H and O–H groups in total. The number of hydrogen-bond donors (Lipinski definition) is 1. The van der Waals surface area contributed by atoms with Gasteiger partial charge in [-0.05, 0) is 26.7 Å². The molecular formula is C16H18F4O7S. The molecule has 1 rings (SSSR count). The number of esters is 2. The molecule has 0 aliphatic heterocycles. The second kappa shape index (κ2) is 8.86. The molecule has 28 heavy (non-hydrogen) atoms. The Balaban J connectivity index is 2.82. The Labute approximate surface area is 158 Å². The Morgan fingerprint density at radius 1 is 1.04 bits per heavy atom. The van der Waals surface area contributed by atoms with Crippen molar-refractivity contribution in [1.82, 2.24) is 0 Å². The molecule has 158 valence electrons. The van der Waals surface area contributed by atoms with Gasteiger partial charge in [0.25, 0.3) is 0 Å².